The average Bonchev–Trinajstić information content (AvgIpc) is 2.99. The van der Waals surface area contributed by atoms with E-state index >= 15 is 4.39 Å². The number of ether oxygens (including phenoxy) is 2. The standard InChI is InChI=1S/C24H21F7N4O4/c1-12-5-3-6-15(24(29,30)31)20(12)32-21(36)14-9-16(25)17(10-18(14)39-13(2)23(26,27)28)35-22(37)34-7-4-8-38-11-19(34)33-35/h3,5-6,9-10,13H,4,7-8,11H2,1-2H3,(H,32,36)/t13-/m0/s1. The molecule has 0 unspecified atom stereocenters. The molecule has 1 aliphatic rings. The first kappa shape index (κ1) is 28.1. The number of carbonyl (C=O) groups excluding carboxylic acids is 1. The average molecular weight is 562 g/mol. The molecule has 0 radical (unpaired) electrons. The summed E-state index contributed by atoms with van der Waals surface area (Å²) in [5, 5.41) is 6.01. The van der Waals surface area contributed by atoms with Gasteiger partial charge >= 0.3 is 18.0 Å². The van der Waals surface area contributed by atoms with Crippen LogP contribution in [0.4, 0.5) is 36.4 Å². The van der Waals surface area contributed by atoms with E-state index in [0.29, 0.717) is 42.8 Å². The summed E-state index contributed by atoms with van der Waals surface area (Å²) in [4.78, 5) is 25.9. The highest BCUT2D eigenvalue weighted by molar-refractivity contribution is 6.07. The lowest BCUT2D eigenvalue weighted by Gasteiger charge is -2.21. The van der Waals surface area contributed by atoms with E-state index in [1.54, 1.807) is 0 Å². The molecule has 0 saturated heterocycles. The summed E-state index contributed by atoms with van der Waals surface area (Å²) < 4.78 is 108. The number of aryl methyl sites for hydroxylation is 1. The van der Waals surface area contributed by atoms with E-state index in [4.69, 9.17) is 9.47 Å². The zero-order chi connectivity index (χ0) is 28.7. The largest absolute Gasteiger partial charge is 0.480 e. The highest BCUT2D eigenvalue weighted by atomic mass is 19.4. The van der Waals surface area contributed by atoms with Crippen LogP contribution in [0.3, 0.4) is 0 Å². The first-order valence-electron chi connectivity index (χ1n) is 11.5. The smallest absolute Gasteiger partial charge is 0.425 e. The fraction of sp³-hybridized carbons (Fsp3) is 0.375. The summed E-state index contributed by atoms with van der Waals surface area (Å²) in [7, 11) is 0. The number of hydrogen-bond acceptors (Lipinski definition) is 5. The number of carbonyl (C=O) groups is 1. The molecule has 4 rings (SSSR count). The van der Waals surface area contributed by atoms with Crippen molar-refractivity contribution in [3.8, 4) is 11.4 Å². The summed E-state index contributed by atoms with van der Waals surface area (Å²) in [6.45, 7) is 2.37. The molecule has 1 aliphatic heterocycles. The number of benzene rings is 2. The number of nitrogens with one attached hydrogen (secondary N) is 1. The normalized spacial score (nSPS) is 14.9. The van der Waals surface area contributed by atoms with E-state index in [2.05, 4.69) is 5.10 Å². The van der Waals surface area contributed by atoms with E-state index in [9.17, 15) is 35.9 Å². The van der Waals surface area contributed by atoms with Crippen molar-refractivity contribution in [3.05, 3.63) is 69.1 Å². The second-order valence-corrected chi connectivity index (χ2v) is 8.72. The molecule has 1 aromatic heterocycles. The van der Waals surface area contributed by atoms with Crippen molar-refractivity contribution < 1.29 is 45.0 Å². The minimum Gasteiger partial charge on any atom is -0.480 e. The Labute approximate surface area is 215 Å². The van der Waals surface area contributed by atoms with Gasteiger partial charge in [-0.1, -0.05) is 12.1 Å². The van der Waals surface area contributed by atoms with Crippen LogP contribution in [0.25, 0.3) is 5.69 Å². The van der Waals surface area contributed by atoms with Gasteiger partial charge in [0.1, 0.15) is 23.9 Å². The van der Waals surface area contributed by atoms with Crippen LogP contribution in [0.5, 0.6) is 5.75 Å². The molecular formula is C24H21F7N4O4. The molecular weight excluding hydrogens is 541 g/mol. The topological polar surface area (TPSA) is 87.4 Å². The van der Waals surface area contributed by atoms with Gasteiger partial charge in [-0.2, -0.15) is 31.0 Å². The van der Waals surface area contributed by atoms with Crippen LogP contribution in [-0.2, 0) is 24.1 Å². The van der Waals surface area contributed by atoms with E-state index in [1.165, 1.54) is 17.6 Å². The molecule has 2 heterocycles. The van der Waals surface area contributed by atoms with Gasteiger partial charge in [0, 0.05) is 19.2 Å². The number of anilines is 1. The number of rotatable bonds is 5. The molecule has 1 N–H and O–H groups in total. The number of hydrogen-bond donors (Lipinski definition) is 1. The third-order valence-corrected chi connectivity index (χ3v) is 5.94. The fourth-order valence-corrected chi connectivity index (χ4v) is 3.90. The molecule has 39 heavy (non-hydrogen) atoms. The van der Waals surface area contributed by atoms with Crippen LogP contribution < -0.4 is 15.7 Å². The van der Waals surface area contributed by atoms with Crippen LogP contribution in [-0.4, -0.2) is 39.1 Å². The van der Waals surface area contributed by atoms with E-state index in [-0.39, 0.29) is 24.5 Å². The van der Waals surface area contributed by atoms with Gasteiger partial charge in [-0.3, -0.25) is 9.36 Å². The van der Waals surface area contributed by atoms with Gasteiger partial charge in [-0.05, 0) is 38.0 Å². The first-order valence-corrected chi connectivity index (χ1v) is 11.5. The van der Waals surface area contributed by atoms with Crippen molar-refractivity contribution in [2.45, 2.75) is 51.9 Å². The molecule has 15 heteroatoms. The lowest BCUT2D eigenvalue weighted by molar-refractivity contribution is -0.189. The van der Waals surface area contributed by atoms with Crippen molar-refractivity contribution in [2.75, 3.05) is 11.9 Å². The SMILES string of the molecule is Cc1cccc(C(F)(F)F)c1NC(=O)c1cc(F)c(-n2nc3n(c2=O)CCCOC3)cc1O[C@@H](C)C(F)(F)F. The number of para-hydroxylation sites is 1. The maximum absolute atomic E-state index is 15.3. The van der Waals surface area contributed by atoms with Crippen LogP contribution in [0, 0.1) is 12.7 Å². The zero-order valence-electron chi connectivity index (χ0n) is 20.4. The van der Waals surface area contributed by atoms with Gasteiger partial charge in [0.15, 0.2) is 11.9 Å². The molecule has 3 aromatic rings. The third kappa shape index (κ3) is 5.77. The predicted molar refractivity (Wildman–Crippen MR) is 122 cm³/mol. The second kappa shape index (κ2) is 10.4. The summed E-state index contributed by atoms with van der Waals surface area (Å²) in [5.74, 6) is -3.32. The Hall–Kier alpha value is -3.88. The number of aromatic nitrogens is 3. The molecule has 2 aromatic carbocycles. The maximum atomic E-state index is 15.3. The molecule has 0 aliphatic carbocycles. The molecule has 0 spiro atoms. The van der Waals surface area contributed by atoms with Crippen LogP contribution in [0.2, 0.25) is 0 Å². The molecule has 1 amide bonds. The Morgan fingerprint density at radius 3 is 2.56 bits per heavy atom. The lowest BCUT2D eigenvalue weighted by Crippen LogP contribution is -2.32. The minimum absolute atomic E-state index is 0.00493. The van der Waals surface area contributed by atoms with E-state index in [0.717, 1.165) is 6.07 Å². The molecule has 0 bridgehead atoms. The van der Waals surface area contributed by atoms with Crippen LogP contribution >= 0.6 is 0 Å². The van der Waals surface area contributed by atoms with E-state index in [1.807, 2.05) is 5.32 Å². The molecule has 1 atom stereocenters. The Morgan fingerprint density at radius 2 is 1.90 bits per heavy atom. The van der Waals surface area contributed by atoms with Crippen molar-refractivity contribution in [1.82, 2.24) is 14.3 Å². The Morgan fingerprint density at radius 1 is 1.18 bits per heavy atom. The quantitative estimate of drug-likeness (QED) is 0.443. The van der Waals surface area contributed by atoms with Crippen molar-refractivity contribution >= 4 is 11.6 Å². The fourth-order valence-electron chi connectivity index (χ4n) is 3.90. The first-order chi connectivity index (χ1) is 18.2. The third-order valence-electron chi connectivity index (χ3n) is 5.94. The van der Waals surface area contributed by atoms with Crippen molar-refractivity contribution in [3.63, 3.8) is 0 Å². The van der Waals surface area contributed by atoms with Gasteiger partial charge in [-0.15, -0.1) is 5.10 Å². The predicted octanol–water partition coefficient (Wildman–Crippen LogP) is 5.00. The summed E-state index contributed by atoms with van der Waals surface area (Å²) >= 11 is 0. The van der Waals surface area contributed by atoms with Gasteiger partial charge in [0.2, 0.25) is 0 Å². The maximum Gasteiger partial charge on any atom is 0.425 e. The molecule has 0 saturated carbocycles. The van der Waals surface area contributed by atoms with Gasteiger partial charge in [0.25, 0.3) is 5.91 Å². The van der Waals surface area contributed by atoms with Gasteiger partial charge < -0.3 is 14.8 Å². The number of alkyl halides is 6. The monoisotopic (exact) mass is 562 g/mol. The number of nitrogens with zero attached hydrogens (tertiary/aromatic N) is 3. The molecule has 0 fully saturated rings. The Kier molecular flexibility index (Phi) is 7.47. The number of amides is 1. The van der Waals surface area contributed by atoms with Gasteiger partial charge in [-0.25, -0.2) is 9.18 Å². The van der Waals surface area contributed by atoms with Crippen LogP contribution in [0.15, 0.2) is 35.1 Å². The highest BCUT2D eigenvalue weighted by Gasteiger charge is 2.39. The summed E-state index contributed by atoms with van der Waals surface area (Å²) in [6, 6.07) is 4.23. The van der Waals surface area contributed by atoms with Gasteiger partial charge in [0.05, 0.1) is 16.8 Å². The Bertz CT molecular complexity index is 1460. The van der Waals surface area contributed by atoms with Crippen LogP contribution in [0.1, 0.15) is 40.7 Å². The number of halogens is 7. The minimum atomic E-state index is -4.91. The zero-order valence-corrected chi connectivity index (χ0v) is 20.4. The van der Waals surface area contributed by atoms with Crippen molar-refractivity contribution in [2.24, 2.45) is 0 Å². The number of fused-ring (bicyclic) bond motifs is 1. The summed E-state index contributed by atoms with van der Waals surface area (Å²) in [6.07, 6.45) is -11.8. The Balaban J connectivity index is 1.82. The molecule has 8 nitrogen and oxygen atoms in total. The molecule has 210 valence electrons. The second-order valence-electron chi connectivity index (χ2n) is 8.72. The highest BCUT2D eigenvalue weighted by Crippen LogP contribution is 2.37. The van der Waals surface area contributed by atoms with E-state index < -0.39 is 64.1 Å². The van der Waals surface area contributed by atoms with Crippen molar-refractivity contribution in [1.29, 1.82) is 0 Å². The lowest BCUT2D eigenvalue weighted by atomic mass is 10.1. The summed E-state index contributed by atoms with van der Waals surface area (Å²) in [5.41, 5.74) is -4.16.